The number of fused-ring (bicyclic) bond motifs is 1. The summed E-state index contributed by atoms with van der Waals surface area (Å²) in [5, 5.41) is 4.13. The van der Waals surface area contributed by atoms with Crippen LogP contribution in [-0.4, -0.2) is 73.1 Å². The van der Waals surface area contributed by atoms with Gasteiger partial charge in [0.15, 0.2) is 5.13 Å². The van der Waals surface area contributed by atoms with Crippen LogP contribution in [0.4, 0.5) is 15.2 Å². The van der Waals surface area contributed by atoms with Crippen molar-refractivity contribution in [1.29, 1.82) is 0 Å². The van der Waals surface area contributed by atoms with E-state index in [4.69, 9.17) is 4.98 Å². The number of thiazole rings is 1. The molecule has 2 fully saturated rings. The SMILES string of the molecule is O=C(NCCCN1CCN(c2ccc(F)cc2)CC1)[C@@H]1CCCN(c2nc3cccnc3s2)C1. The van der Waals surface area contributed by atoms with Gasteiger partial charge in [-0.1, -0.05) is 11.3 Å². The van der Waals surface area contributed by atoms with Crippen molar-refractivity contribution in [1.82, 2.24) is 20.2 Å². The second kappa shape index (κ2) is 10.7. The first kappa shape index (κ1) is 23.0. The number of amides is 1. The van der Waals surface area contributed by atoms with Crippen LogP contribution in [0.25, 0.3) is 10.3 Å². The van der Waals surface area contributed by atoms with E-state index in [1.807, 2.05) is 24.3 Å². The molecule has 1 aromatic carbocycles. The summed E-state index contributed by atoms with van der Waals surface area (Å²) >= 11 is 1.60. The quantitative estimate of drug-likeness (QED) is 0.521. The van der Waals surface area contributed by atoms with Crippen LogP contribution in [0, 0.1) is 11.7 Å². The summed E-state index contributed by atoms with van der Waals surface area (Å²) in [4.78, 5) is 29.8. The Labute approximate surface area is 203 Å². The van der Waals surface area contributed by atoms with Crippen molar-refractivity contribution in [2.45, 2.75) is 19.3 Å². The van der Waals surface area contributed by atoms with E-state index in [-0.39, 0.29) is 17.6 Å². The number of nitrogens with zero attached hydrogens (tertiary/aromatic N) is 5. The number of rotatable bonds is 7. The number of piperazine rings is 1. The number of hydrogen-bond acceptors (Lipinski definition) is 7. The zero-order valence-electron chi connectivity index (χ0n) is 19.3. The summed E-state index contributed by atoms with van der Waals surface area (Å²) in [5.41, 5.74) is 2.00. The molecule has 180 valence electrons. The minimum absolute atomic E-state index is 0.00738. The van der Waals surface area contributed by atoms with Crippen LogP contribution in [0.3, 0.4) is 0 Å². The van der Waals surface area contributed by atoms with Gasteiger partial charge in [0.05, 0.1) is 5.92 Å². The summed E-state index contributed by atoms with van der Waals surface area (Å²) in [5.74, 6) is -0.0301. The first-order chi connectivity index (χ1) is 16.7. The number of halogens is 1. The molecule has 1 amide bonds. The van der Waals surface area contributed by atoms with Crippen LogP contribution in [-0.2, 0) is 4.79 Å². The maximum absolute atomic E-state index is 13.1. The minimum Gasteiger partial charge on any atom is -0.369 e. The molecule has 0 unspecified atom stereocenters. The van der Waals surface area contributed by atoms with Crippen LogP contribution in [0.1, 0.15) is 19.3 Å². The summed E-state index contributed by atoms with van der Waals surface area (Å²) < 4.78 is 13.1. The summed E-state index contributed by atoms with van der Waals surface area (Å²) in [6.07, 6.45) is 4.67. The number of benzene rings is 1. The average Bonchev–Trinajstić information content (AvgIpc) is 3.32. The van der Waals surface area contributed by atoms with Gasteiger partial charge in [0.2, 0.25) is 5.91 Å². The monoisotopic (exact) mass is 482 g/mol. The number of carbonyl (C=O) groups is 1. The van der Waals surface area contributed by atoms with Gasteiger partial charge in [-0.15, -0.1) is 0 Å². The van der Waals surface area contributed by atoms with Gasteiger partial charge in [-0.3, -0.25) is 9.69 Å². The highest BCUT2D eigenvalue weighted by molar-refractivity contribution is 7.21. The summed E-state index contributed by atoms with van der Waals surface area (Å²) in [6, 6.07) is 10.6. The third kappa shape index (κ3) is 5.47. The first-order valence-corrected chi connectivity index (χ1v) is 12.9. The number of hydrogen-bond donors (Lipinski definition) is 1. The van der Waals surface area contributed by atoms with E-state index in [0.29, 0.717) is 6.54 Å². The molecule has 0 radical (unpaired) electrons. The molecule has 2 aromatic heterocycles. The zero-order chi connectivity index (χ0) is 23.3. The fourth-order valence-corrected chi connectivity index (χ4v) is 5.74. The van der Waals surface area contributed by atoms with Gasteiger partial charge in [-0.2, -0.15) is 0 Å². The van der Waals surface area contributed by atoms with Gasteiger partial charge in [0, 0.05) is 57.7 Å². The second-order valence-corrected chi connectivity index (χ2v) is 10.0. The maximum atomic E-state index is 13.1. The van der Waals surface area contributed by atoms with E-state index in [0.717, 1.165) is 86.2 Å². The Morgan fingerprint density at radius 2 is 1.91 bits per heavy atom. The summed E-state index contributed by atoms with van der Waals surface area (Å²) in [7, 11) is 0. The molecule has 9 heteroatoms. The van der Waals surface area contributed by atoms with E-state index in [1.54, 1.807) is 17.5 Å². The largest absolute Gasteiger partial charge is 0.369 e. The molecule has 4 heterocycles. The third-order valence-electron chi connectivity index (χ3n) is 6.73. The molecule has 0 bridgehead atoms. The Morgan fingerprint density at radius 1 is 1.09 bits per heavy atom. The van der Waals surface area contributed by atoms with Gasteiger partial charge < -0.3 is 15.1 Å². The molecule has 2 aliphatic rings. The Hall–Kier alpha value is -2.78. The molecule has 1 atom stereocenters. The zero-order valence-corrected chi connectivity index (χ0v) is 20.1. The molecule has 2 aliphatic heterocycles. The summed E-state index contributed by atoms with van der Waals surface area (Å²) in [6.45, 7) is 7.20. The van der Waals surface area contributed by atoms with Crippen molar-refractivity contribution in [3.05, 3.63) is 48.4 Å². The Kier molecular flexibility index (Phi) is 7.20. The molecule has 34 heavy (non-hydrogen) atoms. The molecule has 0 aliphatic carbocycles. The van der Waals surface area contributed by atoms with E-state index < -0.39 is 0 Å². The lowest BCUT2D eigenvalue weighted by Crippen LogP contribution is -2.47. The average molecular weight is 483 g/mol. The fourth-order valence-electron chi connectivity index (χ4n) is 4.80. The molecule has 2 saturated heterocycles. The first-order valence-electron chi connectivity index (χ1n) is 12.1. The normalized spacial score (nSPS) is 19.5. The highest BCUT2D eigenvalue weighted by Crippen LogP contribution is 2.30. The lowest BCUT2D eigenvalue weighted by molar-refractivity contribution is -0.125. The predicted octanol–water partition coefficient (Wildman–Crippen LogP) is 3.38. The van der Waals surface area contributed by atoms with Gasteiger partial charge in [0.25, 0.3) is 0 Å². The van der Waals surface area contributed by atoms with E-state index in [9.17, 15) is 9.18 Å². The van der Waals surface area contributed by atoms with Crippen molar-refractivity contribution < 1.29 is 9.18 Å². The van der Waals surface area contributed by atoms with Crippen molar-refractivity contribution in [3.8, 4) is 0 Å². The fraction of sp³-hybridized carbons (Fsp3) is 0.480. The van der Waals surface area contributed by atoms with E-state index in [2.05, 4.69) is 25.0 Å². The van der Waals surface area contributed by atoms with Gasteiger partial charge >= 0.3 is 0 Å². The van der Waals surface area contributed by atoms with Crippen LogP contribution in [0.5, 0.6) is 0 Å². The van der Waals surface area contributed by atoms with Crippen LogP contribution < -0.4 is 15.1 Å². The predicted molar refractivity (Wildman–Crippen MR) is 135 cm³/mol. The molecule has 5 rings (SSSR count). The molecule has 0 saturated carbocycles. The second-order valence-electron chi connectivity index (χ2n) is 9.06. The smallest absolute Gasteiger partial charge is 0.224 e. The number of aromatic nitrogens is 2. The van der Waals surface area contributed by atoms with Gasteiger partial charge in [-0.25, -0.2) is 14.4 Å². The van der Waals surface area contributed by atoms with Gasteiger partial charge in [0.1, 0.15) is 16.2 Å². The molecular formula is C25H31FN6OS. The highest BCUT2D eigenvalue weighted by Gasteiger charge is 2.27. The number of nitrogens with one attached hydrogen (secondary N) is 1. The molecular weight excluding hydrogens is 451 g/mol. The number of anilines is 2. The molecule has 0 spiro atoms. The number of pyridine rings is 1. The van der Waals surface area contributed by atoms with E-state index in [1.165, 1.54) is 12.1 Å². The molecule has 1 N–H and O–H groups in total. The van der Waals surface area contributed by atoms with Crippen LogP contribution >= 0.6 is 11.3 Å². The van der Waals surface area contributed by atoms with E-state index >= 15 is 0 Å². The maximum Gasteiger partial charge on any atom is 0.224 e. The number of carbonyl (C=O) groups excluding carboxylic acids is 1. The van der Waals surface area contributed by atoms with Crippen molar-refractivity contribution in [2.24, 2.45) is 5.92 Å². The Morgan fingerprint density at radius 3 is 2.71 bits per heavy atom. The lowest BCUT2D eigenvalue weighted by Gasteiger charge is -2.36. The van der Waals surface area contributed by atoms with Crippen molar-refractivity contribution >= 4 is 38.4 Å². The Balaban J connectivity index is 1.02. The van der Waals surface area contributed by atoms with Crippen molar-refractivity contribution in [3.63, 3.8) is 0 Å². The lowest BCUT2D eigenvalue weighted by atomic mass is 9.97. The topological polar surface area (TPSA) is 64.6 Å². The number of piperidine rings is 1. The van der Waals surface area contributed by atoms with Gasteiger partial charge in [-0.05, 0) is 62.2 Å². The van der Waals surface area contributed by atoms with Crippen LogP contribution in [0.15, 0.2) is 42.6 Å². The third-order valence-corrected chi connectivity index (χ3v) is 7.77. The van der Waals surface area contributed by atoms with Crippen LogP contribution in [0.2, 0.25) is 0 Å². The molecule has 7 nitrogen and oxygen atoms in total. The highest BCUT2D eigenvalue weighted by atomic mass is 32.1. The standard InChI is InChI=1S/C25H31FN6OS/c26-20-6-8-21(9-7-20)31-16-14-30(15-17-31)12-3-11-27-23(33)19-4-2-13-32(18-19)25-29-22-5-1-10-28-24(22)34-25/h1,5-10,19H,2-4,11-18H2,(H,27,33)/t19-/m1/s1. The minimum atomic E-state index is -0.195. The van der Waals surface area contributed by atoms with Crippen molar-refractivity contribution in [2.75, 3.05) is 62.2 Å². The molecule has 3 aromatic rings. The Bertz CT molecular complexity index is 1070.